The fourth-order valence-corrected chi connectivity index (χ4v) is 3.49. The first-order valence-electron chi connectivity index (χ1n) is 9.13. The fraction of sp³-hybridized carbons (Fsp3) is 0.444. The number of piperazine rings is 1. The average Bonchev–Trinajstić information content (AvgIpc) is 3.29. The number of aromatic nitrogens is 5. The summed E-state index contributed by atoms with van der Waals surface area (Å²) in [5.74, 6) is 1.07. The van der Waals surface area contributed by atoms with Gasteiger partial charge < -0.3 is 9.84 Å². The number of benzene rings is 1. The molecular formula is C18H22ClN7O. The van der Waals surface area contributed by atoms with Gasteiger partial charge in [0.15, 0.2) is 11.5 Å². The Labute approximate surface area is 162 Å². The second-order valence-electron chi connectivity index (χ2n) is 6.68. The van der Waals surface area contributed by atoms with Gasteiger partial charge in [0, 0.05) is 24.7 Å². The van der Waals surface area contributed by atoms with Crippen molar-refractivity contribution in [2.24, 2.45) is 0 Å². The van der Waals surface area contributed by atoms with Crippen LogP contribution in [0.4, 0.5) is 0 Å². The van der Waals surface area contributed by atoms with E-state index in [1.165, 1.54) is 0 Å². The Morgan fingerprint density at radius 3 is 3.04 bits per heavy atom. The SMILES string of the molecule is CCCc1c(-c2nc(C3CNCCN3C)no2)nnn1-c1cccc(Cl)c1. The minimum Gasteiger partial charge on any atom is -0.332 e. The van der Waals surface area contributed by atoms with E-state index in [1.54, 1.807) is 4.68 Å². The van der Waals surface area contributed by atoms with Gasteiger partial charge in [0.2, 0.25) is 0 Å². The number of halogens is 1. The van der Waals surface area contributed by atoms with Crippen LogP contribution in [0, 0.1) is 0 Å². The van der Waals surface area contributed by atoms with Gasteiger partial charge in [-0.25, -0.2) is 4.68 Å². The van der Waals surface area contributed by atoms with Gasteiger partial charge >= 0.3 is 0 Å². The van der Waals surface area contributed by atoms with Crippen molar-refractivity contribution in [2.75, 3.05) is 26.7 Å². The third-order valence-corrected chi connectivity index (χ3v) is 4.99. The van der Waals surface area contributed by atoms with Crippen molar-refractivity contribution >= 4 is 11.6 Å². The first kappa shape index (κ1) is 18.1. The lowest BCUT2D eigenvalue weighted by Gasteiger charge is -2.30. The summed E-state index contributed by atoms with van der Waals surface area (Å²) in [7, 11) is 2.07. The molecule has 4 rings (SSSR count). The molecule has 142 valence electrons. The predicted octanol–water partition coefficient (Wildman–Crippen LogP) is 2.50. The van der Waals surface area contributed by atoms with Crippen LogP contribution in [0.1, 0.15) is 30.9 Å². The van der Waals surface area contributed by atoms with Crippen molar-refractivity contribution in [2.45, 2.75) is 25.8 Å². The highest BCUT2D eigenvalue weighted by Crippen LogP contribution is 2.26. The molecule has 1 saturated heterocycles. The van der Waals surface area contributed by atoms with Crippen LogP contribution in [0.15, 0.2) is 28.8 Å². The van der Waals surface area contributed by atoms with Crippen molar-refractivity contribution < 1.29 is 4.52 Å². The molecule has 1 atom stereocenters. The molecule has 27 heavy (non-hydrogen) atoms. The van der Waals surface area contributed by atoms with Gasteiger partial charge in [-0.15, -0.1) is 5.10 Å². The fourth-order valence-electron chi connectivity index (χ4n) is 3.30. The molecule has 3 heterocycles. The minimum absolute atomic E-state index is 0.0915. The first-order valence-corrected chi connectivity index (χ1v) is 9.50. The molecule has 0 spiro atoms. The number of hydrogen-bond acceptors (Lipinski definition) is 7. The van der Waals surface area contributed by atoms with E-state index in [0.29, 0.717) is 22.4 Å². The van der Waals surface area contributed by atoms with E-state index in [2.05, 4.69) is 44.6 Å². The summed E-state index contributed by atoms with van der Waals surface area (Å²) in [5, 5.41) is 16.9. The van der Waals surface area contributed by atoms with Gasteiger partial charge in [-0.3, -0.25) is 4.90 Å². The maximum Gasteiger partial charge on any atom is 0.280 e. The molecule has 0 radical (unpaired) electrons. The molecular weight excluding hydrogens is 366 g/mol. The van der Waals surface area contributed by atoms with Gasteiger partial charge in [-0.2, -0.15) is 4.98 Å². The number of likely N-dealkylation sites (N-methyl/N-ethyl adjacent to an activating group) is 1. The summed E-state index contributed by atoms with van der Waals surface area (Å²) in [5.41, 5.74) is 2.42. The number of hydrogen-bond donors (Lipinski definition) is 1. The Balaban J connectivity index is 1.70. The van der Waals surface area contributed by atoms with E-state index in [4.69, 9.17) is 16.1 Å². The van der Waals surface area contributed by atoms with Gasteiger partial charge in [0.1, 0.15) is 0 Å². The Morgan fingerprint density at radius 1 is 1.37 bits per heavy atom. The van der Waals surface area contributed by atoms with E-state index in [9.17, 15) is 0 Å². The van der Waals surface area contributed by atoms with Crippen LogP contribution < -0.4 is 5.32 Å². The highest BCUT2D eigenvalue weighted by Gasteiger charge is 2.27. The molecule has 1 N–H and O–H groups in total. The predicted molar refractivity (Wildman–Crippen MR) is 102 cm³/mol. The lowest BCUT2D eigenvalue weighted by atomic mass is 10.2. The Kier molecular flexibility index (Phi) is 5.20. The molecule has 9 heteroatoms. The largest absolute Gasteiger partial charge is 0.332 e. The van der Waals surface area contributed by atoms with Gasteiger partial charge in [0.05, 0.1) is 17.4 Å². The second-order valence-corrected chi connectivity index (χ2v) is 7.12. The summed E-state index contributed by atoms with van der Waals surface area (Å²) < 4.78 is 7.35. The van der Waals surface area contributed by atoms with Crippen molar-refractivity contribution in [3.05, 3.63) is 40.8 Å². The summed E-state index contributed by atoms with van der Waals surface area (Å²) >= 11 is 6.14. The summed E-state index contributed by atoms with van der Waals surface area (Å²) in [6.45, 7) is 4.82. The van der Waals surface area contributed by atoms with E-state index >= 15 is 0 Å². The molecule has 1 aliphatic rings. The second kappa shape index (κ2) is 7.75. The Bertz CT molecular complexity index is 922. The smallest absolute Gasteiger partial charge is 0.280 e. The van der Waals surface area contributed by atoms with Crippen LogP contribution in [-0.2, 0) is 6.42 Å². The van der Waals surface area contributed by atoms with E-state index in [0.717, 1.165) is 43.9 Å². The summed E-state index contributed by atoms with van der Waals surface area (Å²) in [4.78, 5) is 6.84. The lowest BCUT2D eigenvalue weighted by molar-refractivity contribution is 0.190. The van der Waals surface area contributed by atoms with E-state index in [1.807, 2.05) is 24.3 Å². The van der Waals surface area contributed by atoms with Crippen LogP contribution in [0.2, 0.25) is 5.02 Å². The third kappa shape index (κ3) is 3.60. The number of nitrogens with zero attached hydrogens (tertiary/aromatic N) is 6. The molecule has 1 aliphatic heterocycles. The van der Waals surface area contributed by atoms with Crippen molar-refractivity contribution in [1.29, 1.82) is 0 Å². The zero-order valence-corrected chi connectivity index (χ0v) is 16.1. The average molecular weight is 388 g/mol. The molecule has 1 aromatic carbocycles. The molecule has 8 nitrogen and oxygen atoms in total. The molecule has 2 aromatic heterocycles. The zero-order chi connectivity index (χ0) is 18.8. The quantitative estimate of drug-likeness (QED) is 0.719. The number of rotatable bonds is 5. The van der Waals surface area contributed by atoms with Gasteiger partial charge in [-0.1, -0.05) is 41.4 Å². The third-order valence-electron chi connectivity index (χ3n) is 4.76. The molecule has 0 aliphatic carbocycles. The van der Waals surface area contributed by atoms with Crippen molar-refractivity contribution in [1.82, 2.24) is 35.4 Å². The maximum absolute atomic E-state index is 6.14. The first-order chi connectivity index (χ1) is 13.2. The minimum atomic E-state index is 0.0915. The van der Waals surface area contributed by atoms with Crippen LogP contribution in [0.3, 0.4) is 0 Å². The van der Waals surface area contributed by atoms with Crippen LogP contribution in [-0.4, -0.2) is 56.7 Å². The van der Waals surface area contributed by atoms with Gasteiger partial charge in [0.25, 0.3) is 5.89 Å². The molecule has 1 fully saturated rings. The lowest BCUT2D eigenvalue weighted by Crippen LogP contribution is -2.44. The molecule has 3 aromatic rings. The molecule has 0 amide bonds. The molecule has 1 unspecified atom stereocenters. The monoisotopic (exact) mass is 387 g/mol. The summed E-state index contributed by atoms with van der Waals surface area (Å²) in [6, 6.07) is 7.63. The number of nitrogens with one attached hydrogen (secondary N) is 1. The van der Waals surface area contributed by atoms with Crippen LogP contribution in [0.5, 0.6) is 0 Å². The zero-order valence-electron chi connectivity index (χ0n) is 15.4. The highest BCUT2D eigenvalue weighted by molar-refractivity contribution is 6.30. The van der Waals surface area contributed by atoms with Crippen molar-refractivity contribution in [3.8, 4) is 17.3 Å². The Hall–Kier alpha value is -2.29. The summed E-state index contributed by atoms with van der Waals surface area (Å²) in [6.07, 6.45) is 1.73. The van der Waals surface area contributed by atoms with Crippen molar-refractivity contribution in [3.63, 3.8) is 0 Å². The molecule has 0 saturated carbocycles. The topological polar surface area (TPSA) is 84.9 Å². The highest BCUT2D eigenvalue weighted by atomic mass is 35.5. The van der Waals surface area contributed by atoms with Crippen LogP contribution in [0.25, 0.3) is 17.3 Å². The van der Waals surface area contributed by atoms with Gasteiger partial charge in [-0.05, 0) is 31.7 Å². The van der Waals surface area contributed by atoms with E-state index in [-0.39, 0.29) is 6.04 Å². The Morgan fingerprint density at radius 2 is 2.26 bits per heavy atom. The molecule has 0 bridgehead atoms. The normalized spacial score (nSPS) is 18.1. The maximum atomic E-state index is 6.14. The van der Waals surface area contributed by atoms with E-state index < -0.39 is 0 Å². The standard InChI is InChI=1S/C18H22ClN7O/c1-3-5-14-16(22-24-26(14)13-7-4-6-12(19)10-13)18-21-17(23-27-18)15-11-20-8-9-25(15)2/h4,6-7,10,15,20H,3,5,8-9,11H2,1-2H3. The van der Waals surface area contributed by atoms with Crippen LogP contribution >= 0.6 is 11.6 Å².